The minimum Gasteiger partial charge on any atom is -0.493 e. The Morgan fingerprint density at radius 2 is 1.76 bits per heavy atom. The van der Waals surface area contributed by atoms with Gasteiger partial charge in [0, 0.05) is 11.8 Å². The van der Waals surface area contributed by atoms with Gasteiger partial charge < -0.3 is 19.5 Å². The molecule has 2 unspecified atom stereocenters. The number of thioether (sulfide) groups is 1. The number of rotatable bonds is 5. The van der Waals surface area contributed by atoms with E-state index in [-0.39, 0.29) is 12.4 Å². The average Bonchev–Trinajstić information content (AvgIpc) is 2.84. The quantitative estimate of drug-likeness (QED) is 0.632. The Bertz CT molecular complexity index is 1080. The molecule has 1 heterocycles. The van der Waals surface area contributed by atoms with Crippen molar-refractivity contribution in [1.29, 1.82) is 0 Å². The van der Waals surface area contributed by atoms with Gasteiger partial charge in [-0.2, -0.15) is 0 Å². The van der Waals surface area contributed by atoms with Gasteiger partial charge in [-0.3, -0.25) is 4.79 Å². The number of ether oxygens (including phenoxy) is 3. The molecule has 4 rings (SSSR count). The molecule has 2 aromatic carbocycles. The van der Waals surface area contributed by atoms with E-state index in [1.807, 2.05) is 12.1 Å². The maximum absolute atomic E-state index is 13.6. The van der Waals surface area contributed by atoms with Crippen molar-refractivity contribution in [2.75, 3.05) is 20.8 Å². The molecule has 1 aliphatic carbocycles. The number of methoxy groups -OCH3 is 2. The molecule has 8 heteroatoms. The van der Waals surface area contributed by atoms with Crippen LogP contribution in [0.2, 0.25) is 0 Å². The van der Waals surface area contributed by atoms with Gasteiger partial charge in [0.1, 0.15) is 12.1 Å². The molecule has 2 aromatic rings. The zero-order valence-corrected chi connectivity index (χ0v) is 19.9. The molecule has 0 fully saturated rings. The molecule has 0 saturated carbocycles. The summed E-state index contributed by atoms with van der Waals surface area (Å²) in [7, 11) is 3.12. The zero-order valence-electron chi connectivity index (χ0n) is 19.1. The maximum atomic E-state index is 13.6. The van der Waals surface area contributed by atoms with Crippen LogP contribution in [-0.4, -0.2) is 37.1 Å². The number of Topliss-reactive ketones (excluding diaryl/α,β-unsaturated/α-hetero) is 1. The number of carbonyl (C=O) groups excluding carboxylic acids is 2. The largest absolute Gasteiger partial charge is 0.493 e. The van der Waals surface area contributed by atoms with Crippen LogP contribution in [0.15, 0.2) is 41.4 Å². The van der Waals surface area contributed by atoms with Crippen LogP contribution < -0.4 is 14.8 Å². The summed E-state index contributed by atoms with van der Waals surface area (Å²) in [6.07, 6.45) is 4.42. The fourth-order valence-corrected chi connectivity index (χ4v) is 4.96. The number of nitrogens with one attached hydrogen (secondary N) is 1. The summed E-state index contributed by atoms with van der Waals surface area (Å²) in [6, 6.07) is 10.1. The van der Waals surface area contributed by atoms with E-state index in [1.165, 1.54) is 17.5 Å². The lowest BCUT2D eigenvalue weighted by atomic mass is 9.86. The highest BCUT2D eigenvalue weighted by Crippen LogP contribution is 2.36. The van der Waals surface area contributed by atoms with Gasteiger partial charge in [-0.25, -0.2) is 9.79 Å². The molecular formula is C25H28N2O5S. The van der Waals surface area contributed by atoms with Crippen LogP contribution in [0.3, 0.4) is 0 Å². The molecule has 0 saturated heterocycles. The fraction of sp³-hybridized carbons (Fsp3) is 0.400. The summed E-state index contributed by atoms with van der Waals surface area (Å²) < 4.78 is 15.8. The highest BCUT2D eigenvalue weighted by molar-refractivity contribution is 8.26. The van der Waals surface area contributed by atoms with Crippen LogP contribution >= 0.6 is 11.8 Å². The highest BCUT2D eigenvalue weighted by Gasteiger charge is 2.36. The van der Waals surface area contributed by atoms with Crippen LogP contribution in [0.25, 0.3) is 0 Å². The lowest BCUT2D eigenvalue weighted by Gasteiger charge is -2.29. The summed E-state index contributed by atoms with van der Waals surface area (Å²) >= 11 is 0.860. The molecular weight excluding hydrogens is 440 g/mol. The Morgan fingerprint density at radius 3 is 2.48 bits per heavy atom. The first kappa shape index (κ1) is 23.2. The molecule has 0 spiro atoms. The molecule has 33 heavy (non-hydrogen) atoms. The number of aliphatic imine (C=N–C) groups is 1. The lowest BCUT2D eigenvalue weighted by Crippen LogP contribution is -2.40. The number of ketones is 1. The van der Waals surface area contributed by atoms with Crippen LogP contribution in [0, 0.1) is 0 Å². The standard InChI is InChI=1S/C25H28N2O5S/c1-4-32-25(29)33-24-26-21(17-10-9-15-7-5-6-8-16(15)13-17)23(28)22(27-24)18-11-12-19(30-2)20(14-18)31-3/h9-14,21-22H,4-8H2,1-3H3,(H,26,27). The predicted octanol–water partition coefficient (Wildman–Crippen LogP) is 4.78. The van der Waals surface area contributed by atoms with Crippen LogP contribution in [0.5, 0.6) is 11.5 Å². The number of hydrogen-bond acceptors (Lipinski definition) is 8. The van der Waals surface area contributed by atoms with Gasteiger partial charge in [0.25, 0.3) is 0 Å². The third-order valence-electron chi connectivity index (χ3n) is 5.94. The van der Waals surface area contributed by atoms with Crippen LogP contribution in [0.1, 0.15) is 54.1 Å². The van der Waals surface area contributed by atoms with Crippen LogP contribution in [-0.2, 0) is 22.4 Å². The Morgan fingerprint density at radius 1 is 1.03 bits per heavy atom. The van der Waals surface area contributed by atoms with Gasteiger partial charge in [-0.15, -0.1) is 0 Å². The van der Waals surface area contributed by atoms with Crippen molar-refractivity contribution in [3.05, 3.63) is 58.7 Å². The second kappa shape index (κ2) is 10.3. The van der Waals surface area contributed by atoms with E-state index in [1.54, 1.807) is 33.3 Å². The summed E-state index contributed by atoms with van der Waals surface area (Å²) in [6.45, 7) is 2.02. The summed E-state index contributed by atoms with van der Waals surface area (Å²) in [4.78, 5) is 30.4. The van der Waals surface area contributed by atoms with E-state index in [4.69, 9.17) is 14.2 Å². The van der Waals surface area contributed by atoms with E-state index in [0.29, 0.717) is 22.2 Å². The number of hydrogen-bond donors (Lipinski definition) is 1. The highest BCUT2D eigenvalue weighted by atomic mass is 32.2. The van der Waals surface area contributed by atoms with Gasteiger partial charge in [-0.05, 0) is 67.0 Å². The Labute approximate surface area is 197 Å². The Balaban J connectivity index is 1.71. The third kappa shape index (κ3) is 5.00. The van der Waals surface area contributed by atoms with E-state index in [0.717, 1.165) is 36.6 Å². The van der Waals surface area contributed by atoms with Gasteiger partial charge in [0.15, 0.2) is 22.4 Å². The van der Waals surface area contributed by atoms with Crippen molar-refractivity contribution in [2.24, 2.45) is 4.99 Å². The zero-order chi connectivity index (χ0) is 23.4. The number of amidine groups is 1. The lowest BCUT2D eigenvalue weighted by molar-refractivity contribution is -0.122. The minimum absolute atomic E-state index is 0.0915. The monoisotopic (exact) mass is 468 g/mol. The van der Waals surface area contributed by atoms with Crippen molar-refractivity contribution in [3.63, 3.8) is 0 Å². The second-order valence-corrected chi connectivity index (χ2v) is 8.88. The number of aryl methyl sites for hydroxylation is 2. The molecule has 2 atom stereocenters. The number of benzene rings is 2. The van der Waals surface area contributed by atoms with Crippen LogP contribution in [0.4, 0.5) is 4.79 Å². The minimum atomic E-state index is -0.714. The molecule has 7 nitrogen and oxygen atoms in total. The summed E-state index contributed by atoms with van der Waals surface area (Å²) in [5, 5.41) is 3.02. The normalized spacial score (nSPS) is 19.7. The number of nitrogens with zero attached hydrogens (tertiary/aromatic N) is 1. The van der Waals surface area contributed by atoms with Crippen molar-refractivity contribution in [2.45, 2.75) is 44.7 Å². The van der Waals surface area contributed by atoms with Gasteiger partial charge in [-0.1, -0.05) is 24.3 Å². The number of carbonyl (C=O) groups is 2. The van der Waals surface area contributed by atoms with Crippen molar-refractivity contribution in [1.82, 2.24) is 5.32 Å². The van der Waals surface area contributed by atoms with E-state index >= 15 is 0 Å². The summed E-state index contributed by atoms with van der Waals surface area (Å²) in [5.41, 5.74) is 4.17. The maximum Gasteiger partial charge on any atom is 0.375 e. The fourth-order valence-electron chi connectivity index (χ4n) is 4.29. The van der Waals surface area contributed by atoms with Gasteiger partial charge >= 0.3 is 5.30 Å². The van der Waals surface area contributed by atoms with Crippen molar-refractivity contribution in [3.8, 4) is 11.5 Å². The Kier molecular flexibility index (Phi) is 7.23. The van der Waals surface area contributed by atoms with E-state index in [9.17, 15) is 9.59 Å². The number of fused-ring (bicyclic) bond motifs is 1. The molecule has 0 aromatic heterocycles. The van der Waals surface area contributed by atoms with E-state index in [2.05, 4.69) is 22.4 Å². The topological polar surface area (TPSA) is 86.2 Å². The molecule has 0 bridgehead atoms. The predicted molar refractivity (Wildman–Crippen MR) is 128 cm³/mol. The Hall–Kier alpha value is -3.00. The van der Waals surface area contributed by atoms with Crippen molar-refractivity contribution >= 4 is 28.0 Å². The van der Waals surface area contributed by atoms with E-state index < -0.39 is 17.4 Å². The SMILES string of the molecule is CCOC(=O)SC1=NC(c2ccc3c(c2)CCCC3)C(=O)C(c2ccc(OC)c(OC)c2)N1. The molecule has 0 amide bonds. The van der Waals surface area contributed by atoms with Gasteiger partial charge in [0.2, 0.25) is 0 Å². The third-order valence-corrected chi connectivity index (χ3v) is 6.64. The average molecular weight is 469 g/mol. The molecule has 174 valence electrons. The molecule has 1 aliphatic heterocycles. The molecule has 0 radical (unpaired) electrons. The molecule has 2 aliphatic rings. The first-order valence-corrected chi connectivity index (χ1v) is 11.9. The first-order valence-electron chi connectivity index (χ1n) is 11.1. The molecule has 1 N–H and O–H groups in total. The second-order valence-electron chi connectivity index (χ2n) is 7.95. The smallest absolute Gasteiger partial charge is 0.375 e. The van der Waals surface area contributed by atoms with Crippen molar-refractivity contribution < 1.29 is 23.8 Å². The first-order chi connectivity index (χ1) is 16.0. The van der Waals surface area contributed by atoms with Gasteiger partial charge in [0.05, 0.1) is 20.8 Å². The summed E-state index contributed by atoms with van der Waals surface area (Å²) in [5.74, 6) is 1.01.